The molecule has 0 aromatic heterocycles. The standard InChI is InChI=1S/C9H17NS/c1-4-5-6-7-11-8-9(2,3)10/h6-8,10H2,1-3H3. The summed E-state index contributed by atoms with van der Waals surface area (Å²) in [6, 6.07) is 0. The number of rotatable bonds is 4. The van der Waals surface area contributed by atoms with Crippen molar-refractivity contribution < 1.29 is 0 Å². The van der Waals surface area contributed by atoms with Gasteiger partial charge in [0.2, 0.25) is 0 Å². The van der Waals surface area contributed by atoms with E-state index in [-0.39, 0.29) is 5.54 Å². The molecule has 1 nitrogen and oxygen atoms in total. The Morgan fingerprint density at radius 2 is 2.09 bits per heavy atom. The zero-order valence-corrected chi connectivity index (χ0v) is 8.42. The lowest BCUT2D eigenvalue weighted by atomic mass is 10.1. The summed E-state index contributed by atoms with van der Waals surface area (Å²) in [7, 11) is 0. The van der Waals surface area contributed by atoms with Gasteiger partial charge in [-0.2, -0.15) is 11.8 Å². The van der Waals surface area contributed by atoms with Crippen LogP contribution in [0.5, 0.6) is 0 Å². The minimum atomic E-state index is -0.0374. The van der Waals surface area contributed by atoms with Crippen LogP contribution in [-0.4, -0.2) is 17.0 Å². The molecule has 0 aromatic carbocycles. The molecule has 2 N–H and O–H groups in total. The highest BCUT2D eigenvalue weighted by Gasteiger charge is 2.08. The number of hydrogen-bond acceptors (Lipinski definition) is 2. The fourth-order valence-corrected chi connectivity index (χ4v) is 1.50. The Bertz CT molecular complexity index is 147. The molecule has 0 saturated carbocycles. The molecule has 0 saturated heterocycles. The van der Waals surface area contributed by atoms with Crippen molar-refractivity contribution in [3.05, 3.63) is 0 Å². The van der Waals surface area contributed by atoms with Gasteiger partial charge in [0.1, 0.15) is 0 Å². The summed E-state index contributed by atoms with van der Waals surface area (Å²) in [6.07, 6.45) is 0.983. The highest BCUT2D eigenvalue weighted by atomic mass is 32.2. The molecule has 11 heavy (non-hydrogen) atoms. The highest BCUT2D eigenvalue weighted by Crippen LogP contribution is 2.09. The smallest absolute Gasteiger partial charge is 0.0188 e. The Kier molecular flexibility index (Phi) is 5.45. The molecule has 0 amide bonds. The molecule has 0 fully saturated rings. The molecule has 64 valence electrons. The van der Waals surface area contributed by atoms with Gasteiger partial charge in [-0.15, -0.1) is 11.8 Å². The molecule has 0 radical (unpaired) electrons. The van der Waals surface area contributed by atoms with E-state index in [0.29, 0.717) is 0 Å². The Morgan fingerprint density at radius 3 is 2.55 bits per heavy atom. The molecule has 0 unspecified atom stereocenters. The maximum absolute atomic E-state index is 5.79. The van der Waals surface area contributed by atoms with E-state index in [1.807, 2.05) is 32.5 Å². The molecule has 0 spiro atoms. The van der Waals surface area contributed by atoms with Crippen molar-refractivity contribution in [2.24, 2.45) is 5.73 Å². The van der Waals surface area contributed by atoms with Crippen LogP contribution in [-0.2, 0) is 0 Å². The predicted molar refractivity (Wildman–Crippen MR) is 53.7 cm³/mol. The van der Waals surface area contributed by atoms with Gasteiger partial charge in [-0.05, 0) is 20.8 Å². The topological polar surface area (TPSA) is 26.0 Å². The van der Waals surface area contributed by atoms with Crippen LogP contribution in [0.15, 0.2) is 0 Å². The Morgan fingerprint density at radius 1 is 1.45 bits per heavy atom. The molecular weight excluding hydrogens is 154 g/mol. The van der Waals surface area contributed by atoms with Crippen LogP contribution in [0, 0.1) is 11.8 Å². The summed E-state index contributed by atoms with van der Waals surface area (Å²) >= 11 is 1.87. The van der Waals surface area contributed by atoms with Crippen LogP contribution in [0.3, 0.4) is 0 Å². The average Bonchev–Trinajstić information content (AvgIpc) is 1.85. The van der Waals surface area contributed by atoms with Gasteiger partial charge in [0.25, 0.3) is 0 Å². The van der Waals surface area contributed by atoms with Gasteiger partial charge in [-0.25, -0.2) is 0 Å². The van der Waals surface area contributed by atoms with Crippen molar-refractivity contribution >= 4 is 11.8 Å². The molecule has 2 heteroatoms. The first-order valence-electron chi connectivity index (χ1n) is 3.82. The molecule has 0 rings (SSSR count). The molecular formula is C9H17NS. The molecule has 0 aliphatic carbocycles. The highest BCUT2D eigenvalue weighted by molar-refractivity contribution is 7.99. The van der Waals surface area contributed by atoms with Crippen molar-refractivity contribution in [2.45, 2.75) is 32.7 Å². The zero-order chi connectivity index (χ0) is 8.74. The summed E-state index contributed by atoms with van der Waals surface area (Å²) in [5.74, 6) is 8.00. The Labute approximate surface area is 74.1 Å². The summed E-state index contributed by atoms with van der Waals surface area (Å²) in [5, 5.41) is 0. The van der Waals surface area contributed by atoms with E-state index in [9.17, 15) is 0 Å². The maximum atomic E-state index is 5.79. The molecule has 0 atom stereocenters. The summed E-state index contributed by atoms with van der Waals surface area (Å²) in [4.78, 5) is 0. The number of nitrogens with two attached hydrogens (primary N) is 1. The van der Waals surface area contributed by atoms with E-state index in [0.717, 1.165) is 17.9 Å². The molecule has 0 aliphatic heterocycles. The lowest BCUT2D eigenvalue weighted by Crippen LogP contribution is -2.34. The van der Waals surface area contributed by atoms with Gasteiger partial charge in [0, 0.05) is 23.5 Å². The second-order valence-corrected chi connectivity index (χ2v) is 4.32. The van der Waals surface area contributed by atoms with Crippen molar-refractivity contribution in [3.8, 4) is 11.8 Å². The normalized spacial score (nSPS) is 10.5. The van der Waals surface area contributed by atoms with Crippen LogP contribution in [0.2, 0.25) is 0 Å². The van der Waals surface area contributed by atoms with Crippen LogP contribution >= 0.6 is 11.8 Å². The maximum Gasteiger partial charge on any atom is 0.0188 e. The predicted octanol–water partition coefficient (Wildman–Crippen LogP) is 1.87. The third-order valence-electron chi connectivity index (χ3n) is 1.02. The first-order valence-corrected chi connectivity index (χ1v) is 4.98. The van der Waals surface area contributed by atoms with Gasteiger partial charge in [0.15, 0.2) is 0 Å². The fraction of sp³-hybridized carbons (Fsp3) is 0.778. The van der Waals surface area contributed by atoms with Gasteiger partial charge >= 0.3 is 0 Å². The average molecular weight is 171 g/mol. The van der Waals surface area contributed by atoms with Gasteiger partial charge in [-0.1, -0.05) is 0 Å². The van der Waals surface area contributed by atoms with Crippen LogP contribution < -0.4 is 5.73 Å². The Hall–Kier alpha value is -0.130. The van der Waals surface area contributed by atoms with E-state index in [1.54, 1.807) is 0 Å². The van der Waals surface area contributed by atoms with Crippen LogP contribution in [0.1, 0.15) is 27.2 Å². The fourth-order valence-electron chi connectivity index (χ4n) is 0.583. The molecule has 0 heterocycles. The van der Waals surface area contributed by atoms with Gasteiger partial charge in [-0.3, -0.25) is 0 Å². The van der Waals surface area contributed by atoms with E-state index >= 15 is 0 Å². The zero-order valence-electron chi connectivity index (χ0n) is 7.61. The third-order valence-corrected chi connectivity index (χ3v) is 2.46. The minimum absolute atomic E-state index is 0.0374. The SMILES string of the molecule is CC#CCCSCC(C)(C)N. The summed E-state index contributed by atoms with van der Waals surface area (Å²) in [6.45, 7) is 5.97. The van der Waals surface area contributed by atoms with Gasteiger partial charge in [0.05, 0.1) is 0 Å². The monoisotopic (exact) mass is 171 g/mol. The quantitative estimate of drug-likeness (QED) is 0.516. The largest absolute Gasteiger partial charge is 0.325 e. The molecule has 0 aromatic rings. The summed E-state index contributed by atoms with van der Waals surface area (Å²) in [5.41, 5.74) is 5.76. The first kappa shape index (κ1) is 10.9. The van der Waals surface area contributed by atoms with Crippen molar-refractivity contribution in [1.82, 2.24) is 0 Å². The van der Waals surface area contributed by atoms with Crippen molar-refractivity contribution in [1.29, 1.82) is 0 Å². The van der Waals surface area contributed by atoms with E-state index in [2.05, 4.69) is 11.8 Å². The second-order valence-electron chi connectivity index (χ2n) is 3.22. The molecule has 0 aliphatic rings. The van der Waals surface area contributed by atoms with E-state index in [1.165, 1.54) is 0 Å². The van der Waals surface area contributed by atoms with Gasteiger partial charge < -0.3 is 5.73 Å². The minimum Gasteiger partial charge on any atom is -0.325 e. The molecule has 0 bridgehead atoms. The van der Waals surface area contributed by atoms with Crippen molar-refractivity contribution in [3.63, 3.8) is 0 Å². The second kappa shape index (κ2) is 5.51. The van der Waals surface area contributed by atoms with Crippen LogP contribution in [0.25, 0.3) is 0 Å². The number of thioether (sulfide) groups is 1. The lowest BCUT2D eigenvalue weighted by Gasteiger charge is -2.16. The summed E-state index contributed by atoms with van der Waals surface area (Å²) < 4.78 is 0. The van der Waals surface area contributed by atoms with Crippen LogP contribution in [0.4, 0.5) is 0 Å². The number of hydrogen-bond donors (Lipinski definition) is 1. The van der Waals surface area contributed by atoms with Crippen molar-refractivity contribution in [2.75, 3.05) is 11.5 Å². The first-order chi connectivity index (χ1) is 5.06. The lowest BCUT2D eigenvalue weighted by molar-refractivity contribution is 0.591. The van der Waals surface area contributed by atoms with E-state index < -0.39 is 0 Å². The Balaban J connectivity index is 3.19. The third kappa shape index (κ3) is 9.87. The van der Waals surface area contributed by atoms with E-state index in [4.69, 9.17) is 5.73 Å².